The van der Waals surface area contributed by atoms with Crippen LogP contribution in [-0.4, -0.2) is 40.8 Å². The van der Waals surface area contributed by atoms with E-state index in [2.05, 4.69) is 0 Å². The van der Waals surface area contributed by atoms with E-state index in [4.69, 9.17) is 0 Å². The van der Waals surface area contributed by atoms with E-state index in [0.29, 0.717) is 19.3 Å². The maximum Gasteiger partial charge on any atom is 0.397 e. The van der Waals surface area contributed by atoms with Crippen LogP contribution in [0, 0.1) is 0 Å². The highest BCUT2D eigenvalue weighted by Gasteiger charge is 2.37. The molecule has 1 saturated heterocycles. The van der Waals surface area contributed by atoms with E-state index in [1.54, 1.807) is 0 Å². The van der Waals surface area contributed by atoms with Crippen molar-refractivity contribution in [1.82, 2.24) is 4.90 Å². The minimum absolute atomic E-state index is 0.208. The molecular formula is C10H16F3NO2. The molecule has 6 heteroatoms. The van der Waals surface area contributed by atoms with E-state index in [0.717, 1.165) is 0 Å². The zero-order valence-corrected chi connectivity index (χ0v) is 9.18. The van der Waals surface area contributed by atoms with Crippen LogP contribution in [0.1, 0.15) is 32.6 Å². The first-order chi connectivity index (χ1) is 7.26. The lowest BCUT2D eigenvalue weighted by Crippen LogP contribution is -2.47. The zero-order valence-electron chi connectivity index (χ0n) is 9.18. The fourth-order valence-corrected chi connectivity index (χ4v) is 1.81. The number of carbonyl (C=O) groups is 1. The first-order valence-electron chi connectivity index (χ1n) is 5.33. The van der Waals surface area contributed by atoms with Crippen molar-refractivity contribution in [1.29, 1.82) is 0 Å². The summed E-state index contributed by atoms with van der Waals surface area (Å²) in [5.74, 6) is -0.898. The van der Waals surface area contributed by atoms with Crippen LogP contribution in [0.15, 0.2) is 0 Å². The van der Waals surface area contributed by atoms with Crippen LogP contribution in [-0.2, 0) is 4.79 Å². The van der Waals surface area contributed by atoms with E-state index in [1.165, 1.54) is 4.90 Å². The van der Waals surface area contributed by atoms with Gasteiger partial charge in [-0.3, -0.25) is 4.79 Å². The van der Waals surface area contributed by atoms with Gasteiger partial charge in [0.2, 0.25) is 5.91 Å². The quantitative estimate of drug-likeness (QED) is 0.796. The largest absolute Gasteiger partial charge is 0.397 e. The van der Waals surface area contributed by atoms with Crippen LogP contribution in [0.4, 0.5) is 13.2 Å². The molecule has 1 rings (SSSR count). The first kappa shape index (κ1) is 13.3. The summed E-state index contributed by atoms with van der Waals surface area (Å²) in [7, 11) is 0. The van der Waals surface area contributed by atoms with E-state index in [9.17, 15) is 23.1 Å². The summed E-state index contributed by atoms with van der Waals surface area (Å²) in [4.78, 5) is 12.4. The van der Waals surface area contributed by atoms with E-state index < -0.39 is 24.1 Å². The number of nitrogens with zero attached hydrogens (tertiary/aromatic N) is 1. The van der Waals surface area contributed by atoms with Gasteiger partial charge in [-0.05, 0) is 19.3 Å². The van der Waals surface area contributed by atoms with Gasteiger partial charge >= 0.3 is 6.18 Å². The van der Waals surface area contributed by atoms with Crippen molar-refractivity contribution in [3.63, 3.8) is 0 Å². The predicted octanol–water partition coefficient (Wildman–Crippen LogP) is 1.70. The summed E-state index contributed by atoms with van der Waals surface area (Å²) in [5.41, 5.74) is -0.811. The Balaban J connectivity index is 2.45. The standard InChI is InChI=1S/C10H16F3NO2/c1-2-9(16)3-5-14(6-4-9)8(15)7-10(11,12)13/h16H,2-7H2,1H3. The number of aliphatic hydroxyl groups is 1. The number of piperidine rings is 1. The third-order valence-electron chi connectivity index (χ3n) is 3.06. The lowest BCUT2D eigenvalue weighted by atomic mass is 9.89. The van der Waals surface area contributed by atoms with Gasteiger partial charge in [-0.25, -0.2) is 0 Å². The number of likely N-dealkylation sites (tertiary alicyclic amines) is 1. The molecule has 0 spiro atoms. The van der Waals surface area contributed by atoms with E-state index in [1.807, 2.05) is 6.92 Å². The minimum atomic E-state index is -4.45. The molecule has 0 bridgehead atoms. The molecule has 16 heavy (non-hydrogen) atoms. The molecule has 1 aliphatic heterocycles. The molecule has 0 aromatic carbocycles. The maximum absolute atomic E-state index is 12.0. The van der Waals surface area contributed by atoms with Crippen LogP contribution in [0.2, 0.25) is 0 Å². The molecule has 0 aromatic heterocycles. The maximum atomic E-state index is 12.0. The first-order valence-corrected chi connectivity index (χ1v) is 5.33. The van der Waals surface area contributed by atoms with Gasteiger partial charge in [0.25, 0.3) is 0 Å². The van der Waals surface area contributed by atoms with Gasteiger partial charge in [-0.1, -0.05) is 6.92 Å². The number of rotatable bonds is 2. The Hall–Kier alpha value is -0.780. The molecule has 0 radical (unpaired) electrons. The smallest absolute Gasteiger partial charge is 0.390 e. The molecule has 1 amide bonds. The molecule has 0 saturated carbocycles. The van der Waals surface area contributed by atoms with Crippen LogP contribution < -0.4 is 0 Å². The van der Waals surface area contributed by atoms with Gasteiger partial charge < -0.3 is 10.0 Å². The second-order valence-electron chi connectivity index (χ2n) is 4.25. The third-order valence-corrected chi connectivity index (χ3v) is 3.06. The molecule has 0 atom stereocenters. The van der Waals surface area contributed by atoms with Crippen molar-refractivity contribution in [3.8, 4) is 0 Å². The van der Waals surface area contributed by atoms with Crippen LogP contribution in [0.25, 0.3) is 0 Å². The topological polar surface area (TPSA) is 40.5 Å². The highest BCUT2D eigenvalue weighted by molar-refractivity contribution is 5.76. The highest BCUT2D eigenvalue weighted by Crippen LogP contribution is 2.27. The van der Waals surface area contributed by atoms with Crippen LogP contribution in [0.5, 0.6) is 0 Å². The van der Waals surface area contributed by atoms with Gasteiger partial charge in [0.05, 0.1) is 5.60 Å². The fourth-order valence-electron chi connectivity index (χ4n) is 1.81. The van der Waals surface area contributed by atoms with Gasteiger partial charge in [0.15, 0.2) is 0 Å². The van der Waals surface area contributed by atoms with Gasteiger partial charge in [-0.2, -0.15) is 13.2 Å². The zero-order chi connectivity index (χ0) is 12.4. The lowest BCUT2D eigenvalue weighted by Gasteiger charge is -2.37. The van der Waals surface area contributed by atoms with Crippen molar-refractivity contribution in [2.75, 3.05) is 13.1 Å². The molecular weight excluding hydrogens is 223 g/mol. The fraction of sp³-hybridized carbons (Fsp3) is 0.900. The number of alkyl halides is 3. The summed E-state index contributed by atoms with van der Waals surface area (Å²) in [5, 5.41) is 9.85. The molecule has 0 unspecified atom stereocenters. The van der Waals surface area contributed by atoms with Crippen molar-refractivity contribution >= 4 is 5.91 Å². The summed E-state index contributed by atoms with van der Waals surface area (Å²) < 4.78 is 35.9. The average molecular weight is 239 g/mol. The molecule has 1 aliphatic rings. The van der Waals surface area contributed by atoms with Crippen LogP contribution >= 0.6 is 0 Å². The summed E-state index contributed by atoms with van der Waals surface area (Å²) in [6, 6.07) is 0. The number of carbonyl (C=O) groups excluding carboxylic acids is 1. The number of hydrogen-bond acceptors (Lipinski definition) is 2. The Morgan fingerprint density at radius 2 is 1.88 bits per heavy atom. The van der Waals surface area contributed by atoms with E-state index >= 15 is 0 Å². The molecule has 0 aliphatic carbocycles. The lowest BCUT2D eigenvalue weighted by molar-refractivity contribution is -0.163. The number of halogens is 3. The van der Waals surface area contributed by atoms with Crippen molar-refractivity contribution in [2.45, 2.75) is 44.4 Å². The average Bonchev–Trinajstić information content (AvgIpc) is 2.16. The van der Waals surface area contributed by atoms with Gasteiger partial charge in [0.1, 0.15) is 6.42 Å². The summed E-state index contributed by atoms with van der Waals surface area (Å²) in [6.45, 7) is 2.24. The minimum Gasteiger partial charge on any atom is -0.390 e. The Morgan fingerprint density at radius 1 is 1.38 bits per heavy atom. The second kappa shape index (κ2) is 4.61. The molecule has 1 N–H and O–H groups in total. The molecule has 94 valence electrons. The molecule has 3 nitrogen and oxygen atoms in total. The molecule has 1 heterocycles. The van der Waals surface area contributed by atoms with Gasteiger partial charge in [-0.15, -0.1) is 0 Å². The van der Waals surface area contributed by atoms with Crippen molar-refractivity contribution < 1.29 is 23.1 Å². The van der Waals surface area contributed by atoms with Crippen molar-refractivity contribution in [3.05, 3.63) is 0 Å². The van der Waals surface area contributed by atoms with E-state index in [-0.39, 0.29) is 13.1 Å². The highest BCUT2D eigenvalue weighted by atomic mass is 19.4. The Bertz CT molecular complexity index is 257. The Labute approximate surface area is 92.2 Å². The Morgan fingerprint density at radius 3 is 2.25 bits per heavy atom. The SMILES string of the molecule is CCC1(O)CCN(C(=O)CC(F)(F)F)CC1. The molecule has 0 aromatic rings. The summed E-state index contributed by atoms with van der Waals surface area (Å²) >= 11 is 0. The number of amides is 1. The monoisotopic (exact) mass is 239 g/mol. The predicted molar refractivity (Wildman–Crippen MR) is 51.7 cm³/mol. The number of hydrogen-bond donors (Lipinski definition) is 1. The summed E-state index contributed by atoms with van der Waals surface area (Å²) in [6.07, 6.45) is -4.58. The normalized spacial score (nSPS) is 20.9. The second-order valence-corrected chi connectivity index (χ2v) is 4.25. The molecule has 1 fully saturated rings. The Kier molecular flexibility index (Phi) is 3.83. The third kappa shape index (κ3) is 3.66. The van der Waals surface area contributed by atoms with Crippen LogP contribution in [0.3, 0.4) is 0 Å². The van der Waals surface area contributed by atoms with Gasteiger partial charge in [0, 0.05) is 13.1 Å². The van der Waals surface area contributed by atoms with Crippen molar-refractivity contribution in [2.24, 2.45) is 0 Å².